The van der Waals surface area contributed by atoms with Crippen LogP contribution in [-0.2, 0) is 9.53 Å². The lowest BCUT2D eigenvalue weighted by atomic mass is 9.93. The van der Waals surface area contributed by atoms with Crippen LogP contribution in [0.15, 0.2) is 60.7 Å². The van der Waals surface area contributed by atoms with Gasteiger partial charge in [0, 0.05) is 11.8 Å². The summed E-state index contributed by atoms with van der Waals surface area (Å²) in [5, 5.41) is 29.1. The molecule has 0 fully saturated rings. The molecule has 33 heavy (non-hydrogen) atoms. The second kappa shape index (κ2) is 13.5. The molecule has 0 saturated heterocycles. The lowest BCUT2D eigenvalue weighted by molar-refractivity contribution is -0.124. The van der Waals surface area contributed by atoms with Gasteiger partial charge < -0.3 is 14.6 Å². The van der Waals surface area contributed by atoms with Crippen LogP contribution < -0.4 is 15.5 Å². The Hall–Kier alpha value is -3.87. The normalized spacial score (nSPS) is 12.4. The summed E-state index contributed by atoms with van der Waals surface area (Å²) in [5.41, 5.74) is 3.21. The third kappa shape index (κ3) is 8.65. The molecule has 0 unspecified atom stereocenters. The number of aliphatic hydroxyl groups excluding tert-OH is 1. The largest absolute Gasteiger partial charge is 0.491 e. The number of hydroxylamine groups is 1. The molecule has 2 atom stereocenters. The number of hydrogen-bond acceptors (Lipinski definition) is 7. The predicted octanol–water partition coefficient (Wildman–Crippen LogP) is 3.70. The minimum atomic E-state index is -0.659. The first kappa shape index (κ1) is 25.4. The quantitative estimate of drug-likeness (QED) is 0.231. The Morgan fingerprint density at radius 2 is 1.97 bits per heavy atom. The molecule has 0 aromatic heterocycles. The van der Waals surface area contributed by atoms with Gasteiger partial charge in [-0.25, -0.2) is 10.3 Å². The second-order valence-corrected chi connectivity index (χ2v) is 7.22. The van der Waals surface area contributed by atoms with E-state index in [4.69, 9.17) is 25.0 Å². The second-order valence-electron chi connectivity index (χ2n) is 7.22. The minimum Gasteiger partial charge on any atom is -0.491 e. The summed E-state index contributed by atoms with van der Waals surface area (Å²) in [6, 6.07) is 15.5. The van der Waals surface area contributed by atoms with Crippen molar-refractivity contribution in [3.05, 3.63) is 71.8 Å². The topological polar surface area (TPSA) is 141 Å². The maximum Gasteiger partial charge on any atom is 0.412 e. The van der Waals surface area contributed by atoms with Gasteiger partial charge in [-0.1, -0.05) is 25.1 Å². The Balaban J connectivity index is 2.14. The Labute approximate surface area is 192 Å². The van der Waals surface area contributed by atoms with E-state index in [-0.39, 0.29) is 19.1 Å². The number of carbonyl (C=O) groups is 2. The Morgan fingerprint density at radius 1 is 1.21 bits per heavy atom. The maximum absolute atomic E-state index is 12.6. The van der Waals surface area contributed by atoms with Gasteiger partial charge in [0.2, 0.25) is 0 Å². The first-order valence-corrected chi connectivity index (χ1v) is 10.4. The molecule has 4 N–H and O–H groups in total. The van der Waals surface area contributed by atoms with Crippen LogP contribution in [0.4, 0.5) is 10.5 Å². The highest BCUT2D eigenvalue weighted by molar-refractivity contribution is 5.86. The van der Waals surface area contributed by atoms with E-state index < -0.39 is 18.1 Å². The first-order chi connectivity index (χ1) is 16.0. The standard InChI is InChI=1S/C24H27N3O6/c1-17(5-2-3-8-22(29)27-31)23(19-6-4-7-21(15-19)32-14-13-28)33-24(30)26-20-11-9-18(16-25)10-12-20/h3-4,6-12,15,17,23,28,31H,2,5,13-14H2,1H3,(H,26,30)(H,27,29)/b8-3+/t17-,23-/m1/s1. The van der Waals surface area contributed by atoms with Gasteiger partial charge in [-0.3, -0.25) is 15.3 Å². The Kier molecular flexibility index (Phi) is 10.4. The number of amides is 2. The highest BCUT2D eigenvalue weighted by Crippen LogP contribution is 2.32. The van der Waals surface area contributed by atoms with Gasteiger partial charge in [-0.05, 0) is 60.7 Å². The molecule has 0 aliphatic rings. The van der Waals surface area contributed by atoms with Crippen molar-refractivity contribution in [2.45, 2.75) is 25.9 Å². The molecule has 2 rings (SSSR count). The lowest BCUT2D eigenvalue weighted by Crippen LogP contribution is -2.22. The summed E-state index contributed by atoms with van der Waals surface area (Å²) >= 11 is 0. The van der Waals surface area contributed by atoms with E-state index in [1.54, 1.807) is 48.5 Å². The number of rotatable bonds is 11. The summed E-state index contributed by atoms with van der Waals surface area (Å²) < 4.78 is 11.2. The average Bonchev–Trinajstić information content (AvgIpc) is 2.84. The monoisotopic (exact) mass is 453 g/mol. The van der Waals surface area contributed by atoms with Gasteiger partial charge in [0.25, 0.3) is 5.91 Å². The fourth-order valence-corrected chi connectivity index (χ4v) is 3.09. The molecule has 0 saturated carbocycles. The third-order valence-corrected chi connectivity index (χ3v) is 4.73. The SMILES string of the molecule is C[C@H](CC/C=C/C(=O)NO)[C@@H](OC(=O)Nc1ccc(C#N)cc1)c1cccc(OCCO)c1. The first-order valence-electron chi connectivity index (χ1n) is 10.4. The van der Waals surface area contributed by atoms with Crippen LogP contribution in [0.25, 0.3) is 0 Å². The lowest BCUT2D eigenvalue weighted by Gasteiger charge is -2.25. The number of ether oxygens (including phenoxy) is 2. The molecule has 9 nitrogen and oxygen atoms in total. The Bertz CT molecular complexity index is 984. The smallest absolute Gasteiger partial charge is 0.412 e. The molecule has 0 aliphatic carbocycles. The molecule has 0 heterocycles. The van der Waals surface area contributed by atoms with Gasteiger partial charge in [0.15, 0.2) is 0 Å². The number of nitrogens with zero attached hydrogens (tertiary/aromatic N) is 1. The molecular weight excluding hydrogens is 426 g/mol. The van der Waals surface area contributed by atoms with E-state index in [9.17, 15) is 9.59 Å². The number of nitriles is 1. The van der Waals surface area contributed by atoms with E-state index in [1.807, 2.05) is 19.1 Å². The molecule has 0 aliphatic heterocycles. The summed E-state index contributed by atoms with van der Waals surface area (Å²) in [6.45, 7) is 1.93. The van der Waals surface area contributed by atoms with Crippen LogP contribution in [-0.4, -0.2) is 35.5 Å². The molecule has 2 amide bonds. The number of aliphatic hydroxyl groups is 1. The zero-order valence-corrected chi connectivity index (χ0v) is 18.2. The summed E-state index contributed by atoms with van der Waals surface area (Å²) in [7, 11) is 0. The van der Waals surface area contributed by atoms with Gasteiger partial charge in [0.1, 0.15) is 18.5 Å². The van der Waals surface area contributed by atoms with Crippen LogP contribution in [0, 0.1) is 17.2 Å². The van der Waals surface area contributed by atoms with E-state index >= 15 is 0 Å². The predicted molar refractivity (Wildman–Crippen MR) is 120 cm³/mol. The van der Waals surface area contributed by atoms with Crippen molar-refractivity contribution in [1.29, 1.82) is 5.26 Å². The van der Waals surface area contributed by atoms with Crippen molar-refractivity contribution in [1.82, 2.24) is 5.48 Å². The zero-order chi connectivity index (χ0) is 24.1. The average molecular weight is 453 g/mol. The fraction of sp³-hybridized carbons (Fsp3) is 0.292. The van der Waals surface area contributed by atoms with Crippen molar-refractivity contribution in [3.63, 3.8) is 0 Å². The molecular formula is C24H27N3O6. The van der Waals surface area contributed by atoms with Crippen molar-refractivity contribution >= 4 is 17.7 Å². The minimum absolute atomic E-state index is 0.124. The molecule has 174 valence electrons. The number of allylic oxidation sites excluding steroid dienone is 1. The van der Waals surface area contributed by atoms with Crippen LogP contribution >= 0.6 is 0 Å². The zero-order valence-electron chi connectivity index (χ0n) is 18.2. The summed E-state index contributed by atoms with van der Waals surface area (Å²) in [5.74, 6) is -0.216. The van der Waals surface area contributed by atoms with Crippen molar-refractivity contribution in [3.8, 4) is 11.8 Å². The maximum atomic E-state index is 12.6. The van der Waals surface area contributed by atoms with Gasteiger partial charge in [0.05, 0.1) is 18.2 Å². The van der Waals surface area contributed by atoms with Crippen LogP contribution in [0.1, 0.15) is 37.0 Å². The highest BCUT2D eigenvalue weighted by atomic mass is 16.6. The van der Waals surface area contributed by atoms with Crippen LogP contribution in [0.2, 0.25) is 0 Å². The summed E-state index contributed by atoms with van der Waals surface area (Å²) in [6.07, 6.45) is 2.67. The highest BCUT2D eigenvalue weighted by Gasteiger charge is 2.24. The number of hydrogen-bond donors (Lipinski definition) is 4. The van der Waals surface area contributed by atoms with Gasteiger partial charge >= 0.3 is 6.09 Å². The molecule has 2 aromatic rings. The van der Waals surface area contributed by atoms with E-state index in [0.717, 1.165) is 0 Å². The number of nitrogens with one attached hydrogen (secondary N) is 2. The molecule has 0 radical (unpaired) electrons. The van der Waals surface area contributed by atoms with E-state index in [1.165, 1.54) is 11.6 Å². The summed E-state index contributed by atoms with van der Waals surface area (Å²) in [4.78, 5) is 23.7. The number of anilines is 1. The van der Waals surface area contributed by atoms with Crippen LogP contribution in [0.5, 0.6) is 5.75 Å². The van der Waals surface area contributed by atoms with Crippen molar-refractivity contribution in [2.75, 3.05) is 18.5 Å². The number of benzene rings is 2. The van der Waals surface area contributed by atoms with E-state index in [0.29, 0.717) is 35.4 Å². The molecule has 9 heteroatoms. The Morgan fingerprint density at radius 3 is 2.64 bits per heavy atom. The molecule has 0 bridgehead atoms. The van der Waals surface area contributed by atoms with Crippen molar-refractivity contribution < 1.29 is 29.4 Å². The van der Waals surface area contributed by atoms with Crippen molar-refractivity contribution in [2.24, 2.45) is 5.92 Å². The molecule has 0 spiro atoms. The van der Waals surface area contributed by atoms with E-state index in [2.05, 4.69) is 5.32 Å². The van der Waals surface area contributed by atoms with Gasteiger partial charge in [-0.2, -0.15) is 5.26 Å². The van der Waals surface area contributed by atoms with Gasteiger partial charge in [-0.15, -0.1) is 0 Å². The third-order valence-electron chi connectivity index (χ3n) is 4.73. The fourth-order valence-electron chi connectivity index (χ4n) is 3.09. The molecule has 2 aromatic carbocycles. The number of carbonyl (C=O) groups excluding carboxylic acids is 2. The van der Waals surface area contributed by atoms with Crippen LogP contribution in [0.3, 0.4) is 0 Å².